The molecule has 0 fully saturated rings. The highest BCUT2D eigenvalue weighted by Gasteiger charge is 2.22. The Labute approximate surface area is 198 Å². The average Bonchev–Trinajstić information content (AvgIpc) is 3.38. The van der Waals surface area contributed by atoms with Gasteiger partial charge in [0.15, 0.2) is 0 Å². The number of aromatic amines is 1. The van der Waals surface area contributed by atoms with Gasteiger partial charge in [-0.25, -0.2) is 9.67 Å². The van der Waals surface area contributed by atoms with Crippen LogP contribution in [0.25, 0.3) is 26.8 Å². The minimum Gasteiger partial charge on any atom is -0.331 e. The Hall–Kier alpha value is -3.49. The number of thiophene rings is 1. The quantitative estimate of drug-likeness (QED) is 0.388. The second kappa shape index (κ2) is 8.46. The number of amides is 1. The predicted octanol–water partition coefficient (Wildman–Crippen LogP) is 4.95. The Morgan fingerprint density at radius 1 is 1.15 bits per heavy atom. The van der Waals surface area contributed by atoms with Crippen LogP contribution < -0.4 is 5.56 Å². The number of carbonyl (C=O) groups excluding carboxylic acids is 1. The van der Waals surface area contributed by atoms with Crippen molar-refractivity contribution in [2.45, 2.75) is 20.4 Å². The van der Waals surface area contributed by atoms with E-state index in [-0.39, 0.29) is 18.0 Å². The number of carbonyl (C=O) groups is 1. The van der Waals surface area contributed by atoms with E-state index in [9.17, 15) is 9.59 Å². The summed E-state index contributed by atoms with van der Waals surface area (Å²) in [6.07, 6.45) is 0. The Balaban J connectivity index is 1.48. The molecule has 0 aliphatic rings. The molecule has 0 atom stereocenters. The molecule has 2 aromatic carbocycles. The van der Waals surface area contributed by atoms with E-state index in [4.69, 9.17) is 11.6 Å². The molecule has 0 spiro atoms. The van der Waals surface area contributed by atoms with E-state index in [1.807, 2.05) is 54.9 Å². The fourth-order valence-corrected chi connectivity index (χ4v) is 5.14. The van der Waals surface area contributed by atoms with E-state index >= 15 is 0 Å². The van der Waals surface area contributed by atoms with E-state index in [1.165, 1.54) is 11.3 Å². The van der Waals surface area contributed by atoms with Crippen molar-refractivity contribution in [2.75, 3.05) is 6.54 Å². The van der Waals surface area contributed by atoms with Crippen LogP contribution in [-0.4, -0.2) is 37.1 Å². The summed E-state index contributed by atoms with van der Waals surface area (Å²) < 4.78 is 1.82. The number of nitrogens with one attached hydrogen (secondary N) is 1. The van der Waals surface area contributed by atoms with Gasteiger partial charge in [-0.1, -0.05) is 29.8 Å². The number of aromatic nitrogens is 4. The van der Waals surface area contributed by atoms with Gasteiger partial charge in [0.1, 0.15) is 10.7 Å². The fourth-order valence-electron chi connectivity index (χ4n) is 3.81. The molecule has 0 aliphatic carbocycles. The van der Waals surface area contributed by atoms with E-state index in [1.54, 1.807) is 23.1 Å². The second-order valence-corrected chi connectivity index (χ2v) is 9.12. The summed E-state index contributed by atoms with van der Waals surface area (Å²) in [5, 5.41) is 6.70. The Morgan fingerprint density at radius 2 is 1.97 bits per heavy atom. The summed E-state index contributed by atoms with van der Waals surface area (Å²) in [5.41, 5.74) is 2.08. The first-order valence-electron chi connectivity index (χ1n) is 10.5. The van der Waals surface area contributed by atoms with Crippen LogP contribution in [0.4, 0.5) is 0 Å². The zero-order valence-corrected chi connectivity index (χ0v) is 19.6. The third-order valence-corrected chi connectivity index (χ3v) is 6.81. The SMILES string of the molecule is CCN(Cc1nc2ccccc2c(=O)[nH]1)C(=O)c1cc2c(C)nn(-c3cccc(Cl)c3)c2s1. The molecule has 0 aliphatic heterocycles. The minimum atomic E-state index is -0.210. The molecule has 1 amide bonds. The van der Waals surface area contributed by atoms with Crippen molar-refractivity contribution in [1.29, 1.82) is 0 Å². The van der Waals surface area contributed by atoms with Crippen LogP contribution in [0, 0.1) is 6.92 Å². The minimum absolute atomic E-state index is 0.119. The average molecular weight is 478 g/mol. The lowest BCUT2D eigenvalue weighted by atomic mass is 10.2. The van der Waals surface area contributed by atoms with Gasteiger partial charge in [0, 0.05) is 17.0 Å². The molecule has 166 valence electrons. The molecule has 7 nitrogen and oxygen atoms in total. The molecular weight excluding hydrogens is 458 g/mol. The lowest BCUT2D eigenvalue weighted by molar-refractivity contribution is 0.0753. The zero-order chi connectivity index (χ0) is 23.1. The van der Waals surface area contributed by atoms with Gasteiger partial charge in [-0.3, -0.25) is 9.59 Å². The van der Waals surface area contributed by atoms with Gasteiger partial charge in [-0.2, -0.15) is 5.10 Å². The van der Waals surface area contributed by atoms with Gasteiger partial charge in [0.2, 0.25) is 0 Å². The number of fused-ring (bicyclic) bond motifs is 2. The molecule has 0 bridgehead atoms. The first kappa shape index (κ1) is 21.4. The summed E-state index contributed by atoms with van der Waals surface area (Å²) in [6.45, 7) is 4.51. The third-order valence-electron chi connectivity index (χ3n) is 5.48. The van der Waals surface area contributed by atoms with Gasteiger partial charge in [-0.15, -0.1) is 11.3 Å². The van der Waals surface area contributed by atoms with E-state index in [0.29, 0.717) is 33.2 Å². The van der Waals surface area contributed by atoms with Crippen molar-refractivity contribution < 1.29 is 4.79 Å². The van der Waals surface area contributed by atoms with E-state index < -0.39 is 0 Å². The first-order chi connectivity index (χ1) is 15.9. The Morgan fingerprint density at radius 3 is 2.76 bits per heavy atom. The van der Waals surface area contributed by atoms with Gasteiger partial charge < -0.3 is 9.88 Å². The van der Waals surface area contributed by atoms with Crippen LogP contribution in [0.3, 0.4) is 0 Å². The predicted molar refractivity (Wildman–Crippen MR) is 131 cm³/mol. The molecule has 5 aromatic rings. The standard InChI is InChI=1S/C24H20ClN5O2S/c1-3-29(13-21-26-19-10-5-4-9-17(19)22(31)27-21)23(32)20-12-18-14(2)28-30(24(18)33-20)16-8-6-7-15(25)11-16/h4-12H,3,13H2,1-2H3,(H,26,27,31). The zero-order valence-electron chi connectivity index (χ0n) is 18.0. The van der Waals surface area contributed by atoms with Crippen LogP contribution >= 0.6 is 22.9 Å². The Kier molecular flexibility index (Phi) is 5.47. The summed E-state index contributed by atoms with van der Waals surface area (Å²) in [7, 11) is 0. The number of para-hydroxylation sites is 1. The number of H-pyrrole nitrogens is 1. The molecule has 1 N–H and O–H groups in total. The molecular formula is C24H20ClN5O2S. The number of aryl methyl sites for hydroxylation is 1. The van der Waals surface area contributed by atoms with Crippen LogP contribution in [0.15, 0.2) is 59.4 Å². The summed E-state index contributed by atoms with van der Waals surface area (Å²) in [4.78, 5) is 36.3. The smallest absolute Gasteiger partial charge is 0.264 e. The number of rotatable bonds is 5. The second-order valence-electron chi connectivity index (χ2n) is 7.66. The highest BCUT2D eigenvalue weighted by atomic mass is 35.5. The largest absolute Gasteiger partial charge is 0.331 e. The molecule has 3 heterocycles. The van der Waals surface area contributed by atoms with E-state index in [2.05, 4.69) is 15.1 Å². The van der Waals surface area contributed by atoms with Crippen molar-refractivity contribution in [3.8, 4) is 5.69 Å². The van der Waals surface area contributed by atoms with Gasteiger partial charge in [0.05, 0.1) is 33.7 Å². The topological polar surface area (TPSA) is 83.9 Å². The number of hydrogen-bond acceptors (Lipinski definition) is 5. The van der Waals surface area contributed by atoms with E-state index in [0.717, 1.165) is 21.6 Å². The number of nitrogens with zero attached hydrogens (tertiary/aromatic N) is 4. The lowest BCUT2D eigenvalue weighted by Crippen LogP contribution is -2.31. The van der Waals surface area contributed by atoms with Crippen LogP contribution in [-0.2, 0) is 6.54 Å². The maximum Gasteiger partial charge on any atom is 0.264 e. The summed E-state index contributed by atoms with van der Waals surface area (Å²) in [6, 6.07) is 16.5. The summed E-state index contributed by atoms with van der Waals surface area (Å²) >= 11 is 7.55. The molecule has 0 radical (unpaired) electrons. The summed E-state index contributed by atoms with van der Waals surface area (Å²) in [5.74, 6) is 0.336. The maximum absolute atomic E-state index is 13.4. The van der Waals surface area contributed by atoms with Crippen molar-refractivity contribution >= 4 is 50.0 Å². The van der Waals surface area contributed by atoms with Gasteiger partial charge in [-0.05, 0) is 50.2 Å². The highest BCUT2D eigenvalue weighted by molar-refractivity contribution is 7.20. The van der Waals surface area contributed by atoms with Crippen LogP contribution in [0.2, 0.25) is 5.02 Å². The normalized spacial score (nSPS) is 11.4. The molecule has 33 heavy (non-hydrogen) atoms. The van der Waals surface area contributed by atoms with Gasteiger partial charge in [0.25, 0.3) is 11.5 Å². The lowest BCUT2D eigenvalue weighted by Gasteiger charge is -2.19. The van der Waals surface area contributed by atoms with Crippen molar-refractivity contribution in [1.82, 2.24) is 24.6 Å². The van der Waals surface area contributed by atoms with Crippen LogP contribution in [0.5, 0.6) is 0 Å². The molecule has 0 saturated heterocycles. The van der Waals surface area contributed by atoms with Gasteiger partial charge >= 0.3 is 0 Å². The molecule has 0 unspecified atom stereocenters. The molecule has 5 rings (SSSR count). The Bertz CT molecular complexity index is 1570. The fraction of sp³-hybridized carbons (Fsp3) is 0.167. The van der Waals surface area contributed by atoms with Crippen molar-refractivity contribution in [3.63, 3.8) is 0 Å². The van der Waals surface area contributed by atoms with Crippen molar-refractivity contribution in [3.05, 3.63) is 86.4 Å². The molecule has 9 heteroatoms. The number of halogens is 1. The highest BCUT2D eigenvalue weighted by Crippen LogP contribution is 2.31. The monoisotopic (exact) mass is 477 g/mol. The molecule has 0 saturated carbocycles. The van der Waals surface area contributed by atoms with Crippen molar-refractivity contribution in [2.24, 2.45) is 0 Å². The first-order valence-corrected chi connectivity index (χ1v) is 11.7. The third kappa shape index (κ3) is 3.92. The number of hydrogen-bond donors (Lipinski definition) is 1. The molecule has 3 aromatic heterocycles. The van der Waals surface area contributed by atoms with Crippen LogP contribution in [0.1, 0.15) is 28.1 Å². The number of benzene rings is 2. The maximum atomic E-state index is 13.4.